The first-order valence-electron chi connectivity index (χ1n) is 9.79. The number of thiophene rings is 1. The van der Waals surface area contributed by atoms with Gasteiger partial charge in [0.25, 0.3) is 5.91 Å². The van der Waals surface area contributed by atoms with Crippen molar-refractivity contribution in [2.75, 3.05) is 0 Å². The van der Waals surface area contributed by atoms with Crippen LogP contribution in [0.5, 0.6) is 0 Å². The van der Waals surface area contributed by atoms with Gasteiger partial charge in [0.2, 0.25) is 5.91 Å². The van der Waals surface area contributed by atoms with E-state index in [0.717, 1.165) is 17.4 Å². The zero-order chi connectivity index (χ0) is 21.3. The highest BCUT2D eigenvalue weighted by Gasteiger charge is 2.33. The smallest absolute Gasteiger partial charge is 0.254 e. The normalized spacial score (nSPS) is 15.3. The quantitative estimate of drug-likeness (QED) is 0.492. The third kappa shape index (κ3) is 7.95. The molecule has 0 aliphatic carbocycles. The number of hydrogen-bond donors (Lipinski definition) is 3. The van der Waals surface area contributed by atoms with Crippen LogP contribution in [0.3, 0.4) is 0 Å². The molecule has 5 nitrogen and oxygen atoms in total. The van der Waals surface area contributed by atoms with Crippen molar-refractivity contribution in [3.05, 3.63) is 58.3 Å². The van der Waals surface area contributed by atoms with E-state index in [1.165, 1.54) is 11.3 Å². The molecule has 0 saturated carbocycles. The highest BCUT2D eigenvalue weighted by Crippen LogP contribution is 2.24. The predicted octanol–water partition coefficient (Wildman–Crippen LogP) is 3.36. The van der Waals surface area contributed by atoms with Gasteiger partial charge in [-0.05, 0) is 56.0 Å². The van der Waals surface area contributed by atoms with E-state index < -0.39 is 23.6 Å². The summed E-state index contributed by atoms with van der Waals surface area (Å²) in [5, 5.41) is 15.2. The Balaban J connectivity index is 1.94. The van der Waals surface area contributed by atoms with Gasteiger partial charge < -0.3 is 16.2 Å². The first-order valence-corrected chi connectivity index (χ1v) is 10.7. The topological polar surface area (TPSA) is 92.4 Å². The van der Waals surface area contributed by atoms with Crippen LogP contribution in [0.4, 0.5) is 4.39 Å². The van der Waals surface area contributed by atoms with Gasteiger partial charge in [0.1, 0.15) is 0 Å². The van der Waals surface area contributed by atoms with Crippen molar-refractivity contribution < 1.29 is 19.1 Å². The third-order valence-electron chi connectivity index (χ3n) is 5.03. The van der Waals surface area contributed by atoms with E-state index in [0.29, 0.717) is 19.4 Å². The summed E-state index contributed by atoms with van der Waals surface area (Å²) in [5.74, 6) is -1.90. The number of rotatable bonds is 12. The molecule has 2 aromatic rings. The van der Waals surface area contributed by atoms with Crippen LogP contribution in [0.2, 0.25) is 0 Å². The molecule has 4 N–H and O–H groups in total. The molecule has 1 aromatic carbocycles. The van der Waals surface area contributed by atoms with Gasteiger partial charge >= 0.3 is 0 Å². The van der Waals surface area contributed by atoms with Crippen molar-refractivity contribution in [3.8, 4) is 0 Å². The van der Waals surface area contributed by atoms with E-state index in [1.807, 2.05) is 47.8 Å². The van der Waals surface area contributed by atoms with Gasteiger partial charge in [-0.25, -0.2) is 4.39 Å². The molecule has 0 bridgehead atoms. The largest absolute Gasteiger partial charge is 0.393 e. The Hall–Kier alpha value is -2.25. The van der Waals surface area contributed by atoms with Gasteiger partial charge in [-0.2, -0.15) is 0 Å². The van der Waals surface area contributed by atoms with Crippen LogP contribution >= 0.6 is 11.3 Å². The molecule has 29 heavy (non-hydrogen) atoms. The number of hydrogen-bond acceptors (Lipinski definition) is 4. The molecule has 1 heterocycles. The molecule has 1 unspecified atom stereocenters. The van der Waals surface area contributed by atoms with Crippen molar-refractivity contribution in [1.82, 2.24) is 5.32 Å². The second-order valence-corrected chi connectivity index (χ2v) is 8.54. The average molecular weight is 421 g/mol. The lowest BCUT2D eigenvalue weighted by molar-refractivity contribution is -0.131. The Labute approximate surface area is 175 Å². The number of carbonyl (C=O) groups is 2. The number of nitrogens with two attached hydrogens (primary N) is 1. The molecule has 3 atom stereocenters. The minimum absolute atomic E-state index is 0.134. The van der Waals surface area contributed by atoms with E-state index in [-0.39, 0.29) is 25.2 Å². The lowest BCUT2D eigenvalue weighted by atomic mass is 9.88. The summed E-state index contributed by atoms with van der Waals surface area (Å²) in [5.41, 5.74) is 4.03. The number of amides is 2. The summed E-state index contributed by atoms with van der Waals surface area (Å²) in [7, 11) is 0. The Morgan fingerprint density at radius 2 is 1.93 bits per heavy atom. The van der Waals surface area contributed by atoms with Crippen LogP contribution in [-0.4, -0.2) is 28.7 Å². The standard InChI is InChI=1S/C22H29FN2O3S/c1-22(23,21(24)28)12-11-17(20(27)25-15-19-8-5-13-29-19)14-18(26)10-9-16-6-3-2-4-7-16/h2-8,13,17-18,26H,9-12,14-15H2,1H3,(H2,24,28)(H,25,27)/t17-,18+,22?/m1/s1. The molecule has 2 rings (SSSR count). The Morgan fingerprint density at radius 1 is 1.21 bits per heavy atom. The second-order valence-electron chi connectivity index (χ2n) is 7.51. The summed E-state index contributed by atoms with van der Waals surface area (Å²) in [6, 6.07) is 13.6. The van der Waals surface area contributed by atoms with Crippen molar-refractivity contribution in [3.63, 3.8) is 0 Å². The van der Waals surface area contributed by atoms with Gasteiger partial charge in [0.05, 0.1) is 12.6 Å². The number of halogens is 1. The van der Waals surface area contributed by atoms with Gasteiger partial charge in [-0.15, -0.1) is 11.3 Å². The van der Waals surface area contributed by atoms with Crippen molar-refractivity contribution in [2.24, 2.45) is 11.7 Å². The molecular formula is C22H29FN2O3S. The number of aliphatic hydroxyl groups excluding tert-OH is 1. The van der Waals surface area contributed by atoms with E-state index in [4.69, 9.17) is 5.73 Å². The monoisotopic (exact) mass is 420 g/mol. The van der Waals surface area contributed by atoms with Gasteiger partial charge in [0.15, 0.2) is 5.67 Å². The molecule has 0 saturated heterocycles. The molecular weight excluding hydrogens is 391 g/mol. The van der Waals surface area contributed by atoms with E-state index in [9.17, 15) is 19.1 Å². The maximum absolute atomic E-state index is 14.3. The molecule has 1 aromatic heterocycles. The van der Waals surface area contributed by atoms with Crippen LogP contribution in [0.1, 0.15) is 43.0 Å². The third-order valence-corrected chi connectivity index (χ3v) is 5.91. The Bertz CT molecular complexity index is 766. The van der Waals surface area contributed by atoms with E-state index in [1.54, 1.807) is 0 Å². The van der Waals surface area contributed by atoms with Crippen LogP contribution in [0.15, 0.2) is 47.8 Å². The zero-order valence-electron chi connectivity index (χ0n) is 16.6. The maximum atomic E-state index is 14.3. The van der Waals surface area contributed by atoms with Gasteiger partial charge in [-0.3, -0.25) is 9.59 Å². The number of aryl methyl sites for hydroxylation is 1. The Kier molecular flexibility index (Phi) is 8.79. The summed E-state index contributed by atoms with van der Waals surface area (Å²) in [4.78, 5) is 25.0. The first kappa shape index (κ1) is 23.0. The van der Waals surface area contributed by atoms with Crippen LogP contribution in [-0.2, 0) is 22.6 Å². The van der Waals surface area contributed by atoms with E-state index >= 15 is 0 Å². The summed E-state index contributed by atoms with van der Waals surface area (Å²) >= 11 is 1.53. The summed E-state index contributed by atoms with van der Waals surface area (Å²) < 4.78 is 14.3. The molecule has 7 heteroatoms. The Morgan fingerprint density at radius 3 is 2.55 bits per heavy atom. The van der Waals surface area contributed by atoms with E-state index in [2.05, 4.69) is 5.32 Å². The first-order chi connectivity index (χ1) is 13.8. The van der Waals surface area contributed by atoms with Crippen molar-refractivity contribution in [2.45, 2.75) is 57.3 Å². The number of carbonyl (C=O) groups excluding carboxylic acids is 2. The number of aliphatic hydroxyl groups is 1. The minimum Gasteiger partial charge on any atom is -0.393 e. The van der Waals surface area contributed by atoms with Crippen LogP contribution in [0.25, 0.3) is 0 Å². The lowest BCUT2D eigenvalue weighted by Crippen LogP contribution is -2.39. The average Bonchev–Trinajstić information content (AvgIpc) is 3.22. The van der Waals surface area contributed by atoms with Crippen molar-refractivity contribution >= 4 is 23.2 Å². The van der Waals surface area contributed by atoms with Crippen LogP contribution < -0.4 is 11.1 Å². The number of benzene rings is 1. The SMILES string of the molecule is CC(F)(CC[C@H](C[C@@H](O)CCc1ccccc1)C(=O)NCc1cccs1)C(N)=O. The maximum Gasteiger partial charge on any atom is 0.254 e. The molecule has 2 amide bonds. The number of nitrogens with one attached hydrogen (secondary N) is 1. The summed E-state index contributed by atoms with van der Waals surface area (Å²) in [6.45, 7) is 1.51. The molecule has 0 radical (unpaired) electrons. The fourth-order valence-electron chi connectivity index (χ4n) is 3.08. The molecule has 0 aliphatic heterocycles. The fraction of sp³-hybridized carbons (Fsp3) is 0.455. The fourth-order valence-corrected chi connectivity index (χ4v) is 3.73. The molecule has 0 fully saturated rings. The lowest BCUT2D eigenvalue weighted by Gasteiger charge is -2.23. The number of alkyl halides is 1. The van der Waals surface area contributed by atoms with Crippen LogP contribution in [0, 0.1) is 5.92 Å². The predicted molar refractivity (Wildman–Crippen MR) is 113 cm³/mol. The number of primary amides is 1. The highest BCUT2D eigenvalue weighted by atomic mass is 32.1. The second kappa shape index (κ2) is 11.1. The van der Waals surface area contributed by atoms with Gasteiger partial charge in [-0.1, -0.05) is 36.4 Å². The molecule has 158 valence electrons. The summed E-state index contributed by atoms with van der Waals surface area (Å²) in [6.07, 6.45) is 0.666. The molecule has 0 spiro atoms. The van der Waals surface area contributed by atoms with Gasteiger partial charge in [0, 0.05) is 10.8 Å². The highest BCUT2D eigenvalue weighted by molar-refractivity contribution is 7.09. The zero-order valence-corrected chi connectivity index (χ0v) is 17.5. The molecule has 0 aliphatic rings. The van der Waals surface area contributed by atoms with Crippen molar-refractivity contribution in [1.29, 1.82) is 0 Å². The minimum atomic E-state index is -2.18.